The van der Waals surface area contributed by atoms with Gasteiger partial charge in [-0.1, -0.05) is 24.3 Å². The van der Waals surface area contributed by atoms with Crippen LogP contribution in [-0.4, -0.2) is 16.1 Å². The number of benzene rings is 2. The summed E-state index contributed by atoms with van der Waals surface area (Å²) in [6.07, 6.45) is 1.49. The number of carboxylic acid groups (broad SMARTS) is 1. The molecule has 0 bridgehead atoms. The molecule has 19 heavy (non-hydrogen) atoms. The van der Waals surface area contributed by atoms with Crippen LogP contribution < -0.4 is 0 Å². The highest BCUT2D eigenvalue weighted by molar-refractivity contribution is 6.07. The maximum Gasteiger partial charge on any atom is 0.314 e. The number of carboxylic acids is 1. The van der Waals surface area contributed by atoms with Crippen LogP contribution in [0.25, 0.3) is 21.8 Å². The van der Waals surface area contributed by atoms with E-state index in [2.05, 4.69) is 11.1 Å². The fraction of sp³-hybridized carbons (Fsp3) is 0.188. The lowest BCUT2D eigenvalue weighted by Gasteiger charge is -2.09. The van der Waals surface area contributed by atoms with Gasteiger partial charge in [0, 0.05) is 21.8 Å². The largest absolute Gasteiger partial charge is 0.481 e. The van der Waals surface area contributed by atoms with E-state index >= 15 is 0 Å². The van der Waals surface area contributed by atoms with Crippen LogP contribution in [0.2, 0.25) is 0 Å². The number of hydrogen-bond donors (Lipinski definition) is 2. The summed E-state index contributed by atoms with van der Waals surface area (Å²) in [7, 11) is 0. The van der Waals surface area contributed by atoms with Gasteiger partial charge in [-0.15, -0.1) is 0 Å². The molecule has 1 fully saturated rings. The smallest absolute Gasteiger partial charge is 0.314 e. The van der Waals surface area contributed by atoms with E-state index in [1.54, 1.807) is 0 Å². The summed E-state index contributed by atoms with van der Waals surface area (Å²) in [6, 6.07) is 14.1. The molecule has 0 amide bonds. The number of para-hydroxylation sites is 1. The van der Waals surface area contributed by atoms with Gasteiger partial charge in [-0.05, 0) is 36.6 Å². The Balaban J connectivity index is 2.01. The Labute approximate surface area is 109 Å². The number of aliphatic carboxylic acids is 1. The Hall–Kier alpha value is -2.29. The Morgan fingerprint density at radius 2 is 1.79 bits per heavy atom. The molecule has 1 aromatic heterocycles. The van der Waals surface area contributed by atoms with Gasteiger partial charge in [0.2, 0.25) is 0 Å². The molecule has 2 aromatic carbocycles. The molecule has 0 saturated heterocycles. The Morgan fingerprint density at radius 1 is 1.05 bits per heavy atom. The van der Waals surface area contributed by atoms with E-state index in [0.717, 1.165) is 40.2 Å². The van der Waals surface area contributed by atoms with Gasteiger partial charge in [0.1, 0.15) is 0 Å². The summed E-state index contributed by atoms with van der Waals surface area (Å²) >= 11 is 0. The summed E-state index contributed by atoms with van der Waals surface area (Å²) in [4.78, 5) is 14.8. The topological polar surface area (TPSA) is 53.1 Å². The molecule has 3 nitrogen and oxygen atoms in total. The van der Waals surface area contributed by atoms with Crippen LogP contribution in [-0.2, 0) is 10.2 Å². The van der Waals surface area contributed by atoms with Gasteiger partial charge >= 0.3 is 5.97 Å². The number of carbonyl (C=O) groups is 1. The van der Waals surface area contributed by atoms with Crippen LogP contribution in [0.15, 0.2) is 42.5 Å². The number of aromatic nitrogens is 1. The maximum atomic E-state index is 11.4. The van der Waals surface area contributed by atoms with Crippen LogP contribution in [0.3, 0.4) is 0 Å². The minimum Gasteiger partial charge on any atom is -0.481 e. The van der Waals surface area contributed by atoms with Gasteiger partial charge in [0.05, 0.1) is 5.41 Å². The monoisotopic (exact) mass is 251 g/mol. The van der Waals surface area contributed by atoms with Crippen molar-refractivity contribution in [1.29, 1.82) is 0 Å². The van der Waals surface area contributed by atoms with Crippen LogP contribution in [0.5, 0.6) is 0 Å². The first-order valence-electron chi connectivity index (χ1n) is 6.45. The van der Waals surface area contributed by atoms with Gasteiger partial charge in [0.25, 0.3) is 0 Å². The van der Waals surface area contributed by atoms with Crippen molar-refractivity contribution < 1.29 is 9.90 Å². The number of H-pyrrole nitrogens is 1. The van der Waals surface area contributed by atoms with Gasteiger partial charge < -0.3 is 10.1 Å². The highest BCUT2D eigenvalue weighted by Crippen LogP contribution is 2.49. The SMILES string of the molecule is O=C(O)C1(c2ccc3[nH]c4ccccc4c3c2)CC1. The highest BCUT2D eigenvalue weighted by atomic mass is 16.4. The van der Waals surface area contributed by atoms with Crippen LogP contribution >= 0.6 is 0 Å². The minimum atomic E-state index is -0.702. The van der Waals surface area contributed by atoms with Crippen LogP contribution in [0.1, 0.15) is 18.4 Å². The second-order valence-corrected chi connectivity index (χ2v) is 5.32. The normalized spacial score (nSPS) is 16.8. The molecule has 1 heterocycles. The summed E-state index contributed by atoms with van der Waals surface area (Å²) in [5, 5.41) is 11.7. The molecule has 0 unspecified atom stereocenters. The minimum absolute atomic E-state index is 0.632. The maximum absolute atomic E-state index is 11.4. The second-order valence-electron chi connectivity index (χ2n) is 5.32. The van der Waals surface area contributed by atoms with E-state index in [4.69, 9.17) is 0 Å². The number of fused-ring (bicyclic) bond motifs is 3. The molecule has 1 saturated carbocycles. The molecule has 3 heteroatoms. The first kappa shape index (κ1) is 10.6. The first-order valence-corrected chi connectivity index (χ1v) is 6.45. The average molecular weight is 251 g/mol. The van der Waals surface area contributed by atoms with Crippen LogP contribution in [0, 0.1) is 0 Å². The number of hydrogen-bond acceptors (Lipinski definition) is 1. The molecule has 0 radical (unpaired) electrons. The molecular weight excluding hydrogens is 238 g/mol. The third kappa shape index (κ3) is 1.35. The average Bonchev–Trinajstić information content (AvgIpc) is 3.15. The van der Waals surface area contributed by atoms with Gasteiger partial charge in [-0.3, -0.25) is 4.79 Å². The van der Waals surface area contributed by atoms with E-state index in [1.807, 2.05) is 36.4 Å². The summed E-state index contributed by atoms with van der Waals surface area (Å²) in [6.45, 7) is 0. The molecule has 1 aliphatic rings. The number of aromatic amines is 1. The van der Waals surface area contributed by atoms with Crippen molar-refractivity contribution >= 4 is 27.8 Å². The predicted octanol–water partition coefficient (Wildman–Crippen LogP) is 3.44. The predicted molar refractivity (Wildman–Crippen MR) is 74.4 cm³/mol. The van der Waals surface area contributed by atoms with Crippen molar-refractivity contribution in [2.45, 2.75) is 18.3 Å². The van der Waals surface area contributed by atoms with E-state index < -0.39 is 11.4 Å². The summed E-state index contributed by atoms with van der Waals surface area (Å²) in [5.74, 6) is -0.702. The van der Waals surface area contributed by atoms with E-state index in [-0.39, 0.29) is 0 Å². The lowest BCUT2D eigenvalue weighted by atomic mass is 9.94. The van der Waals surface area contributed by atoms with Crippen molar-refractivity contribution in [1.82, 2.24) is 4.98 Å². The zero-order valence-electron chi connectivity index (χ0n) is 10.3. The van der Waals surface area contributed by atoms with Crippen molar-refractivity contribution in [2.75, 3.05) is 0 Å². The molecular formula is C16H13NO2. The Morgan fingerprint density at radius 3 is 2.53 bits per heavy atom. The lowest BCUT2D eigenvalue weighted by molar-refractivity contribution is -0.140. The molecule has 4 rings (SSSR count). The van der Waals surface area contributed by atoms with Crippen molar-refractivity contribution in [3.8, 4) is 0 Å². The van der Waals surface area contributed by atoms with Crippen molar-refractivity contribution in [3.63, 3.8) is 0 Å². The molecule has 1 aliphatic carbocycles. The Kier molecular flexibility index (Phi) is 1.89. The van der Waals surface area contributed by atoms with Gasteiger partial charge in [0.15, 0.2) is 0 Å². The Bertz CT molecular complexity index is 812. The summed E-state index contributed by atoms with van der Waals surface area (Å²) in [5.41, 5.74) is 2.45. The second kappa shape index (κ2) is 3.38. The molecule has 0 atom stereocenters. The van der Waals surface area contributed by atoms with Gasteiger partial charge in [-0.25, -0.2) is 0 Å². The fourth-order valence-corrected chi connectivity index (χ4v) is 2.90. The molecule has 2 N–H and O–H groups in total. The van der Waals surface area contributed by atoms with E-state index in [1.165, 1.54) is 0 Å². The molecule has 0 spiro atoms. The standard InChI is InChI=1S/C16H13NO2/c18-15(19)16(7-8-16)10-5-6-14-12(9-10)11-3-1-2-4-13(11)17-14/h1-6,9,17H,7-8H2,(H,18,19). The third-order valence-corrected chi connectivity index (χ3v) is 4.22. The zero-order valence-corrected chi connectivity index (χ0v) is 10.3. The number of nitrogens with one attached hydrogen (secondary N) is 1. The number of rotatable bonds is 2. The zero-order chi connectivity index (χ0) is 13.0. The van der Waals surface area contributed by atoms with Crippen LogP contribution in [0.4, 0.5) is 0 Å². The molecule has 94 valence electrons. The van der Waals surface area contributed by atoms with E-state index in [0.29, 0.717) is 0 Å². The quantitative estimate of drug-likeness (QED) is 0.733. The lowest BCUT2D eigenvalue weighted by Crippen LogP contribution is -2.19. The summed E-state index contributed by atoms with van der Waals surface area (Å²) < 4.78 is 0. The molecule has 0 aliphatic heterocycles. The molecule has 3 aromatic rings. The highest BCUT2D eigenvalue weighted by Gasteiger charge is 2.51. The fourth-order valence-electron chi connectivity index (χ4n) is 2.90. The van der Waals surface area contributed by atoms with Crippen molar-refractivity contribution in [2.24, 2.45) is 0 Å². The third-order valence-electron chi connectivity index (χ3n) is 4.22. The first-order chi connectivity index (χ1) is 9.21. The van der Waals surface area contributed by atoms with E-state index in [9.17, 15) is 9.90 Å². The van der Waals surface area contributed by atoms with Gasteiger partial charge in [-0.2, -0.15) is 0 Å². The van der Waals surface area contributed by atoms with Crippen molar-refractivity contribution in [3.05, 3.63) is 48.0 Å².